The van der Waals surface area contributed by atoms with E-state index in [1.54, 1.807) is 0 Å². The summed E-state index contributed by atoms with van der Waals surface area (Å²) in [5, 5.41) is 5.80. The number of nitrogens with one attached hydrogen (secondary N) is 1. The third kappa shape index (κ3) is 3.95. The van der Waals surface area contributed by atoms with Gasteiger partial charge in [0.15, 0.2) is 0 Å². The van der Waals surface area contributed by atoms with Gasteiger partial charge in [-0.2, -0.15) is 0 Å². The Kier molecular flexibility index (Phi) is 5.23. The highest BCUT2D eigenvalue weighted by Crippen LogP contribution is 2.32. The molecule has 0 radical (unpaired) electrons. The fraction of sp³-hybridized carbons (Fsp3) is 0.375. The Labute approximate surface area is 123 Å². The van der Waals surface area contributed by atoms with Crippen LogP contribution in [-0.4, -0.2) is 19.2 Å². The topological polar surface area (TPSA) is 21.3 Å². The lowest BCUT2D eigenvalue weighted by atomic mass is 10.1. The van der Waals surface area contributed by atoms with Gasteiger partial charge in [0.05, 0.1) is 11.1 Å². The van der Waals surface area contributed by atoms with Crippen molar-refractivity contribution in [1.29, 1.82) is 0 Å². The number of ether oxygens (including phenoxy) is 1. The molecule has 0 atom stereocenters. The second-order valence-electron chi connectivity index (χ2n) is 4.91. The molecule has 0 saturated heterocycles. The molecule has 2 nitrogen and oxygen atoms in total. The van der Waals surface area contributed by atoms with Gasteiger partial charge in [0, 0.05) is 6.04 Å². The fourth-order valence-corrected chi connectivity index (χ4v) is 2.58. The maximum absolute atomic E-state index is 5.84. The Morgan fingerprint density at radius 2 is 1.95 bits per heavy atom. The lowest BCUT2D eigenvalue weighted by Gasteiger charge is -2.11. The summed E-state index contributed by atoms with van der Waals surface area (Å²) in [5.41, 5.74) is 0. The van der Waals surface area contributed by atoms with Gasteiger partial charge in [0.1, 0.15) is 5.75 Å². The zero-order valence-corrected chi connectivity index (χ0v) is 13.0. The molecule has 0 saturated carbocycles. The SMILES string of the molecule is CC(C)NCCCOc1ccc2ccccc2c1Br. The number of halogens is 1. The van der Waals surface area contributed by atoms with Crippen molar-refractivity contribution >= 4 is 26.7 Å². The van der Waals surface area contributed by atoms with Crippen molar-refractivity contribution in [2.24, 2.45) is 0 Å². The van der Waals surface area contributed by atoms with Gasteiger partial charge in [-0.3, -0.25) is 0 Å². The van der Waals surface area contributed by atoms with Crippen molar-refractivity contribution in [1.82, 2.24) is 5.32 Å². The molecule has 2 aromatic carbocycles. The van der Waals surface area contributed by atoms with Crippen LogP contribution >= 0.6 is 15.9 Å². The molecule has 0 spiro atoms. The van der Waals surface area contributed by atoms with Crippen LogP contribution in [0.1, 0.15) is 20.3 Å². The van der Waals surface area contributed by atoms with Crippen molar-refractivity contribution in [2.75, 3.05) is 13.2 Å². The summed E-state index contributed by atoms with van der Waals surface area (Å²) in [5.74, 6) is 0.920. The molecule has 3 heteroatoms. The molecule has 2 aromatic rings. The smallest absolute Gasteiger partial charge is 0.134 e. The average Bonchev–Trinajstić information content (AvgIpc) is 2.41. The van der Waals surface area contributed by atoms with Gasteiger partial charge in [-0.05, 0) is 45.7 Å². The zero-order chi connectivity index (χ0) is 13.7. The van der Waals surface area contributed by atoms with E-state index in [1.807, 2.05) is 18.2 Å². The third-order valence-electron chi connectivity index (χ3n) is 2.96. The highest BCUT2D eigenvalue weighted by Gasteiger charge is 2.05. The van der Waals surface area contributed by atoms with Crippen LogP contribution in [-0.2, 0) is 0 Å². The molecule has 0 aliphatic carbocycles. The van der Waals surface area contributed by atoms with Gasteiger partial charge in [0.25, 0.3) is 0 Å². The van der Waals surface area contributed by atoms with E-state index in [1.165, 1.54) is 10.8 Å². The monoisotopic (exact) mass is 321 g/mol. The van der Waals surface area contributed by atoms with E-state index < -0.39 is 0 Å². The van der Waals surface area contributed by atoms with Gasteiger partial charge < -0.3 is 10.1 Å². The lowest BCUT2D eigenvalue weighted by Crippen LogP contribution is -2.24. The van der Waals surface area contributed by atoms with Crippen LogP contribution in [0.5, 0.6) is 5.75 Å². The number of rotatable bonds is 6. The molecule has 2 rings (SSSR count). The highest BCUT2D eigenvalue weighted by atomic mass is 79.9. The number of hydrogen-bond donors (Lipinski definition) is 1. The van der Waals surface area contributed by atoms with Gasteiger partial charge in [-0.25, -0.2) is 0 Å². The van der Waals surface area contributed by atoms with E-state index in [2.05, 4.69) is 53.3 Å². The van der Waals surface area contributed by atoms with Crippen LogP contribution in [0, 0.1) is 0 Å². The van der Waals surface area contributed by atoms with Gasteiger partial charge >= 0.3 is 0 Å². The van der Waals surface area contributed by atoms with E-state index in [0.717, 1.165) is 29.8 Å². The first-order chi connectivity index (χ1) is 9.18. The predicted octanol–water partition coefficient (Wildman–Crippen LogP) is 4.37. The Bertz CT molecular complexity index is 539. The van der Waals surface area contributed by atoms with Crippen LogP contribution in [0.15, 0.2) is 40.9 Å². The first-order valence-corrected chi connectivity index (χ1v) is 7.51. The molecule has 19 heavy (non-hydrogen) atoms. The first kappa shape index (κ1) is 14.4. The van der Waals surface area contributed by atoms with Crippen molar-refractivity contribution < 1.29 is 4.74 Å². The fourth-order valence-electron chi connectivity index (χ4n) is 1.97. The van der Waals surface area contributed by atoms with E-state index in [4.69, 9.17) is 4.74 Å². The third-order valence-corrected chi connectivity index (χ3v) is 3.78. The molecule has 0 heterocycles. The lowest BCUT2D eigenvalue weighted by molar-refractivity contribution is 0.305. The van der Waals surface area contributed by atoms with Gasteiger partial charge in [-0.1, -0.05) is 44.2 Å². The molecule has 102 valence electrons. The second-order valence-corrected chi connectivity index (χ2v) is 5.70. The van der Waals surface area contributed by atoms with E-state index in [9.17, 15) is 0 Å². The largest absolute Gasteiger partial charge is 0.492 e. The number of hydrogen-bond acceptors (Lipinski definition) is 2. The van der Waals surface area contributed by atoms with Gasteiger partial charge in [-0.15, -0.1) is 0 Å². The quantitative estimate of drug-likeness (QED) is 0.798. The summed E-state index contributed by atoms with van der Waals surface area (Å²) in [6.07, 6.45) is 1.01. The van der Waals surface area contributed by atoms with Crippen molar-refractivity contribution in [2.45, 2.75) is 26.3 Å². The molecule has 0 aliphatic heterocycles. The molecule has 0 aliphatic rings. The summed E-state index contributed by atoms with van der Waals surface area (Å²) in [6, 6.07) is 13.0. The Balaban J connectivity index is 1.96. The molecule has 0 unspecified atom stereocenters. The number of benzene rings is 2. The Hall–Kier alpha value is -1.06. The van der Waals surface area contributed by atoms with Crippen molar-refractivity contribution in [3.63, 3.8) is 0 Å². The maximum Gasteiger partial charge on any atom is 0.134 e. The van der Waals surface area contributed by atoms with Crippen LogP contribution in [0.25, 0.3) is 10.8 Å². The second kappa shape index (κ2) is 6.92. The zero-order valence-electron chi connectivity index (χ0n) is 11.4. The molecule has 0 aromatic heterocycles. The molecule has 1 N–H and O–H groups in total. The first-order valence-electron chi connectivity index (χ1n) is 6.72. The van der Waals surface area contributed by atoms with E-state index >= 15 is 0 Å². The van der Waals surface area contributed by atoms with Crippen LogP contribution < -0.4 is 10.1 Å². The molecular formula is C16H20BrNO. The molecular weight excluding hydrogens is 302 g/mol. The minimum Gasteiger partial charge on any atom is -0.492 e. The maximum atomic E-state index is 5.84. The average molecular weight is 322 g/mol. The standard InChI is InChI=1S/C16H20BrNO/c1-12(2)18-10-5-11-19-15-9-8-13-6-3-4-7-14(13)16(15)17/h3-4,6-9,12,18H,5,10-11H2,1-2H3. The Morgan fingerprint density at radius 1 is 1.16 bits per heavy atom. The number of fused-ring (bicyclic) bond motifs is 1. The summed E-state index contributed by atoms with van der Waals surface area (Å²) in [4.78, 5) is 0. The van der Waals surface area contributed by atoms with Crippen LogP contribution in [0.2, 0.25) is 0 Å². The summed E-state index contributed by atoms with van der Waals surface area (Å²) >= 11 is 3.63. The minimum absolute atomic E-state index is 0.535. The predicted molar refractivity (Wildman–Crippen MR) is 84.9 cm³/mol. The van der Waals surface area contributed by atoms with E-state index in [0.29, 0.717) is 6.04 Å². The van der Waals surface area contributed by atoms with E-state index in [-0.39, 0.29) is 0 Å². The van der Waals surface area contributed by atoms with Crippen LogP contribution in [0.4, 0.5) is 0 Å². The summed E-state index contributed by atoms with van der Waals surface area (Å²) in [7, 11) is 0. The molecule has 0 bridgehead atoms. The van der Waals surface area contributed by atoms with Crippen LogP contribution in [0.3, 0.4) is 0 Å². The Morgan fingerprint density at radius 3 is 2.74 bits per heavy atom. The highest BCUT2D eigenvalue weighted by molar-refractivity contribution is 9.10. The summed E-state index contributed by atoms with van der Waals surface area (Å²) < 4.78 is 6.88. The minimum atomic E-state index is 0.535. The van der Waals surface area contributed by atoms with Gasteiger partial charge in [0.2, 0.25) is 0 Å². The molecule has 0 fully saturated rings. The van der Waals surface area contributed by atoms with Crippen molar-refractivity contribution in [3.05, 3.63) is 40.9 Å². The summed E-state index contributed by atoms with van der Waals surface area (Å²) in [6.45, 7) is 6.03. The van der Waals surface area contributed by atoms with Crippen molar-refractivity contribution in [3.8, 4) is 5.75 Å². The molecule has 0 amide bonds. The normalized spacial score (nSPS) is 11.2.